The van der Waals surface area contributed by atoms with E-state index >= 15 is 0 Å². The summed E-state index contributed by atoms with van der Waals surface area (Å²) in [6.07, 6.45) is 0. The van der Waals surface area contributed by atoms with Crippen molar-refractivity contribution < 1.29 is 38.1 Å². The van der Waals surface area contributed by atoms with Gasteiger partial charge in [0.15, 0.2) is 11.6 Å². The zero-order valence-corrected chi connectivity index (χ0v) is 34.6. The number of carbonyl (C=O) groups excluding carboxylic acids is 4. The summed E-state index contributed by atoms with van der Waals surface area (Å²) in [5.74, 6) is -1.06. The van der Waals surface area contributed by atoms with Crippen molar-refractivity contribution in [2.45, 2.75) is 27.7 Å². The van der Waals surface area contributed by atoms with Gasteiger partial charge in [0, 0.05) is 22.3 Å². The number of nitrogens with one attached hydrogen (secondary N) is 1. The summed E-state index contributed by atoms with van der Waals surface area (Å²) >= 11 is 7.01. The number of H-pyrrole nitrogens is 1. The number of nitrogens with zero attached hydrogens (tertiary/aromatic N) is 3. The monoisotopic (exact) mass is 836 g/mol. The number of carbonyl (C=O) groups is 4. The largest absolute Gasteiger partial charge is 0.462 e. The van der Waals surface area contributed by atoms with Crippen LogP contribution in [0.1, 0.15) is 69.1 Å². The van der Waals surface area contributed by atoms with Crippen molar-refractivity contribution >= 4 is 35.5 Å². The number of hydrogen-bond donors (Lipinski definition) is 1. The van der Waals surface area contributed by atoms with Gasteiger partial charge in [-0.25, -0.2) is 29.1 Å². The van der Waals surface area contributed by atoms with Gasteiger partial charge in [0.05, 0.1) is 82.2 Å². The molecule has 0 aliphatic heterocycles. The van der Waals surface area contributed by atoms with Gasteiger partial charge in [-0.15, -0.1) is 0 Å². The summed E-state index contributed by atoms with van der Waals surface area (Å²) in [5.41, 5.74) is 7.11. The molecule has 5 aromatic carbocycles. The first-order valence-corrected chi connectivity index (χ1v) is 20.1. The van der Waals surface area contributed by atoms with Crippen molar-refractivity contribution in [2.75, 3.05) is 26.4 Å². The van der Waals surface area contributed by atoms with Crippen LogP contribution in [0.2, 0.25) is 5.02 Å². The molecule has 61 heavy (non-hydrogen) atoms. The third kappa shape index (κ3) is 8.85. The first-order chi connectivity index (χ1) is 29.6. The van der Waals surface area contributed by atoms with Crippen LogP contribution in [-0.4, -0.2) is 69.8 Å². The molecule has 7 aromatic rings. The predicted octanol–water partition coefficient (Wildman–Crippen LogP) is 10.3. The lowest BCUT2D eigenvalue weighted by molar-refractivity contribution is 0.0517. The van der Waals surface area contributed by atoms with Gasteiger partial charge in [0.1, 0.15) is 0 Å². The molecule has 0 aliphatic carbocycles. The Kier molecular flexibility index (Phi) is 12.8. The second-order valence-electron chi connectivity index (χ2n) is 13.4. The highest BCUT2D eigenvalue weighted by atomic mass is 35.5. The fourth-order valence-electron chi connectivity index (χ4n) is 6.73. The van der Waals surface area contributed by atoms with E-state index in [1.165, 1.54) is 0 Å². The number of para-hydroxylation sites is 1. The highest BCUT2D eigenvalue weighted by molar-refractivity contribution is 6.32. The Labute approximate surface area is 357 Å². The van der Waals surface area contributed by atoms with Crippen LogP contribution in [0.15, 0.2) is 121 Å². The van der Waals surface area contributed by atoms with Crippen LogP contribution in [0.5, 0.6) is 0 Å². The molecule has 0 fully saturated rings. The second kappa shape index (κ2) is 18.7. The first-order valence-electron chi connectivity index (χ1n) is 19.7. The van der Waals surface area contributed by atoms with E-state index in [4.69, 9.17) is 40.5 Å². The smallest absolute Gasteiger partial charge is 0.338 e. The number of aromatic amines is 1. The first kappa shape index (κ1) is 41.8. The van der Waals surface area contributed by atoms with E-state index in [1.807, 2.05) is 34.9 Å². The molecule has 0 aliphatic rings. The quantitative estimate of drug-likeness (QED) is 0.0828. The lowest BCUT2D eigenvalue weighted by Crippen LogP contribution is -2.05. The normalized spacial score (nSPS) is 10.9. The van der Waals surface area contributed by atoms with E-state index in [1.54, 1.807) is 119 Å². The number of hydrogen-bond acceptors (Lipinski definition) is 10. The minimum atomic E-state index is -0.453. The van der Waals surface area contributed by atoms with Gasteiger partial charge in [0.25, 0.3) is 0 Å². The Morgan fingerprint density at radius 1 is 0.508 bits per heavy atom. The van der Waals surface area contributed by atoms with Crippen LogP contribution in [0, 0.1) is 0 Å². The number of halogens is 1. The summed E-state index contributed by atoms with van der Waals surface area (Å²) in [6, 6.07) is 35.2. The molecule has 0 saturated heterocycles. The maximum atomic E-state index is 12.7. The van der Waals surface area contributed by atoms with Crippen LogP contribution in [-0.2, 0) is 18.9 Å². The maximum Gasteiger partial charge on any atom is 0.338 e. The molecule has 13 heteroatoms. The molecular weight excluding hydrogens is 796 g/mol. The molecule has 7 rings (SSSR count). The number of ether oxygens (including phenoxy) is 4. The zero-order chi connectivity index (χ0) is 43.0. The van der Waals surface area contributed by atoms with Crippen molar-refractivity contribution in [3.8, 4) is 62.4 Å². The average molecular weight is 837 g/mol. The third-order valence-corrected chi connectivity index (χ3v) is 9.90. The molecule has 0 saturated carbocycles. The topological polar surface area (TPSA) is 152 Å². The molecule has 0 bridgehead atoms. The molecule has 1 N–H and O–H groups in total. The molecule has 0 amide bonds. The number of imidazole rings is 2. The van der Waals surface area contributed by atoms with Crippen molar-refractivity contribution in [1.29, 1.82) is 0 Å². The summed E-state index contributed by atoms with van der Waals surface area (Å²) in [7, 11) is 0. The van der Waals surface area contributed by atoms with Crippen LogP contribution >= 0.6 is 11.6 Å². The van der Waals surface area contributed by atoms with Gasteiger partial charge in [-0.05, 0) is 88.4 Å². The van der Waals surface area contributed by atoms with Crippen molar-refractivity contribution in [3.05, 3.63) is 149 Å². The number of rotatable bonds is 14. The molecule has 0 radical (unpaired) electrons. The Morgan fingerprint density at radius 3 is 1.33 bits per heavy atom. The fourth-order valence-corrected chi connectivity index (χ4v) is 6.95. The molecular formula is C48H41ClN4O8. The zero-order valence-electron chi connectivity index (χ0n) is 33.9. The minimum absolute atomic E-state index is 0.230. The van der Waals surface area contributed by atoms with Crippen molar-refractivity contribution in [3.63, 3.8) is 0 Å². The third-order valence-electron chi connectivity index (χ3n) is 9.58. The van der Waals surface area contributed by atoms with Gasteiger partial charge < -0.3 is 23.9 Å². The maximum absolute atomic E-state index is 12.7. The van der Waals surface area contributed by atoms with Crippen molar-refractivity contribution in [1.82, 2.24) is 19.5 Å². The van der Waals surface area contributed by atoms with Crippen LogP contribution < -0.4 is 0 Å². The Balaban J connectivity index is 1.49. The van der Waals surface area contributed by atoms with Crippen LogP contribution in [0.3, 0.4) is 0 Å². The summed E-state index contributed by atoms with van der Waals surface area (Å²) in [5, 5.41) is 0.422. The molecule has 2 aromatic heterocycles. The molecule has 2 heterocycles. The SMILES string of the molecule is CCOC(=O)c1ccc(-c2nc(-c3nc(-c4ccc(C(=O)OCC)cc4)c(-c4ccc(C(=O)OCC)cc4)n3-c3ccccc3Cl)[nH]c2-c2ccc(C(=O)OCC)cc2)cc1. The van der Waals surface area contributed by atoms with Gasteiger partial charge >= 0.3 is 23.9 Å². The lowest BCUT2D eigenvalue weighted by atomic mass is 10.0. The molecule has 0 unspecified atom stereocenters. The van der Waals surface area contributed by atoms with Crippen LogP contribution in [0.25, 0.3) is 62.4 Å². The summed E-state index contributed by atoms with van der Waals surface area (Å²) in [6.45, 7) is 7.93. The van der Waals surface area contributed by atoms with E-state index in [9.17, 15) is 19.2 Å². The van der Waals surface area contributed by atoms with E-state index in [0.29, 0.717) is 89.6 Å². The van der Waals surface area contributed by atoms with E-state index < -0.39 is 23.9 Å². The molecule has 0 spiro atoms. The van der Waals surface area contributed by atoms with Gasteiger partial charge in [0.2, 0.25) is 0 Å². The number of aromatic nitrogens is 4. The lowest BCUT2D eigenvalue weighted by Gasteiger charge is -2.14. The number of esters is 4. The van der Waals surface area contributed by atoms with E-state index in [0.717, 1.165) is 0 Å². The number of benzene rings is 5. The van der Waals surface area contributed by atoms with Gasteiger partial charge in [-0.1, -0.05) is 72.3 Å². The van der Waals surface area contributed by atoms with Crippen molar-refractivity contribution in [2.24, 2.45) is 0 Å². The fraction of sp³-hybridized carbons (Fsp3) is 0.167. The standard InChI is InChI=1S/C48H41ClN4O8/c1-5-58-45(54)33-21-13-29(14-22-33)39-40(30-15-23-34(24-16-30)46(55)59-6-2)51-43(50-39)44-52-41(31-17-25-35(26-18-31)47(56)60-7-3)42(53(44)38-12-10-9-11-37(38)49)32-19-27-36(28-20-32)48(57)61-8-4/h9-28H,5-8H2,1-4H3,(H,50,51). The van der Waals surface area contributed by atoms with Crippen LogP contribution in [0.4, 0.5) is 0 Å². The van der Waals surface area contributed by atoms with Gasteiger partial charge in [-0.2, -0.15) is 0 Å². The summed E-state index contributed by atoms with van der Waals surface area (Å²) in [4.78, 5) is 64.5. The molecule has 0 atom stereocenters. The summed E-state index contributed by atoms with van der Waals surface area (Å²) < 4.78 is 22.8. The van der Waals surface area contributed by atoms with E-state index in [2.05, 4.69) is 4.98 Å². The highest BCUT2D eigenvalue weighted by Crippen LogP contribution is 2.42. The highest BCUT2D eigenvalue weighted by Gasteiger charge is 2.28. The van der Waals surface area contributed by atoms with Gasteiger partial charge in [-0.3, -0.25) is 4.57 Å². The molecule has 308 valence electrons. The Bertz CT molecular complexity index is 2620. The second-order valence-corrected chi connectivity index (χ2v) is 13.8. The Morgan fingerprint density at radius 2 is 0.902 bits per heavy atom. The average Bonchev–Trinajstić information content (AvgIpc) is 3.90. The molecule has 12 nitrogen and oxygen atoms in total. The Hall–Kier alpha value is -7.31. The minimum Gasteiger partial charge on any atom is -0.462 e. The van der Waals surface area contributed by atoms with E-state index in [-0.39, 0.29) is 26.4 Å². The predicted molar refractivity (Wildman–Crippen MR) is 232 cm³/mol.